The van der Waals surface area contributed by atoms with Gasteiger partial charge in [-0.05, 0) is 47.3 Å². The van der Waals surface area contributed by atoms with Gasteiger partial charge in [0.15, 0.2) is 0 Å². The maximum absolute atomic E-state index is 2.48. The van der Waals surface area contributed by atoms with E-state index in [0.717, 1.165) is 23.7 Å². The van der Waals surface area contributed by atoms with Crippen molar-refractivity contribution in [1.29, 1.82) is 0 Å². The van der Waals surface area contributed by atoms with Crippen LogP contribution < -0.4 is 0 Å². The Hall–Kier alpha value is 0. The maximum atomic E-state index is 2.48. The van der Waals surface area contributed by atoms with Crippen molar-refractivity contribution in [3.63, 3.8) is 0 Å². The van der Waals surface area contributed by atoms with E-state index in [0.29, 0.717) is 10.8 Å². The van der Waals surface area contributed by atoms with Gasteiger partial charge in [0.1, 0.15) is 0 Å². The quantitative estimate of drug-likeness (QED) is 0.562. The predicted molar refractivity (Wildman–Crippen MR) is 82.7 cm³/mol. The first-order valence-electron chi connectivity index (χ1n) is 8.23. The first kappa shape index (κ1) is 16.1. The van der Waals surface area contributed by atoms with Gasteiger partial charge < -0.3 is 0 Å². The van der Waals surface area contributed by atoms with Crippen molar-refractivity contribution in [3.8, 4) is 0 Å². The predicted octanol–water partition coefficient (Wildman–Crippen LogP) is 6.16. The van der Waals surface area contributed by atoms with Crippen LogP contribution in [0.5, 0.6) is 0 Å². The van der Waals surface area contributed by atoms with Crippen LogP contribution in [0.4, 0.5) is 0 Å². The second-order valence-electron chi connectivity index (χ2n) is 7.91. The molecular formula is C18H36. The monoisotopic (exact) mass is 252 g/mol. The first-order valence-corrected chi connectivity index (χ1v) is 8.23. The molecule has 0 aromatic heterocycles. The molecule has 0 aromatic carbocycles. The Bertz CT molecular complexity index is 213. The van der Waals surface area contributed by atoms with Crippen LogP contribution in [0.2, 0.25) is 0 Å². The van der Waals surface area contributed by atoms with E-state index < -0.39 is 0 Å². The van der Waals surface area contributed by atoms with Gasteiger partial charge in [0, 0.05) is 0 Å². The molecule has 0 saturated heterocycles. The lowest BCUT2D eigenvalue weighted by atomic mass is 9.41. The molecule has 0 N–H and O–H groups in total. The zero-order chi connectivity index (χ0) is 14.1. The molecule has 0 spiro atoms. The largest absolute Gasteiger partial charge is 0.0622 e. The van der Waals surface area contributed by atoms with Crippen LogP contribution in [-0.2, 0) is 0 Å². The van der Waals surface area contributed by atoms with E-state index in [4.69, 9.17) is 0 Å². The molecule has 108 valence electrons. The van der Waals surface area contributed by atoms with E-state index in [1.165, 1.54) is 25.7 Å². The van der Waals surface area contributed by atoms with Gasteiger partial charge in [0.05, 0.1) is 0 Å². The zero-order valence-corrected chi connectivity index (χ0v) is 14.1. The molecule has 0 heterocycles. The summed E-state index contributed by atoms with van der Waals surface area (Å²) < 4.78 is 0. The van der Waals surface area contributed by atoms with Crippen molar-refractivity contribution in [1.82, 2.24) is 0 Å². The van der Waals surface area contributed by atoms with E-state index >= 15 is 0 Å². The summed E-state index contributed by atoms with van der Waals surface area (Å²) in [7, 11) is 0. The smallest absolute Gasteiger partial charge is 0.0190 e. The fourth-order valence-corrected chi connectivity index (χ4v) is 5.94. The van der Waals surface area contributed by atoms with Crippen LogP contribution in [0.3, 0.4) is 0 Å². The third kappa shape index (κ3) is 2.04. The van der Waals surface area contributed by atoms with E-state index in [9.17, 15) is 0 Å². The number of hydrogen-bond donors (Lipinski definition) is 0. The zero-order valence-electron chi connectivity index (χ0n) is 14.1. The van der Waals surface area contributed by atoms with E-state index in [1.54, 1.807) is 0 Å². The van der Waals surface area contributed by atoms with Crippen molar-refractivity contribution < 1.29 is 0 Å². The molecule has 0 atom stereocenters. The molecule has 0 heteroatoms. The van der Waals surface area contributed by atoms with Crippen LogP contribution in [0.15, 0.2) is 0 Å². The average Bonchev–Trinajstić information content (AvgIpc) is 2.27. The fraction of sp³-hybridized carbons (Fsp3) is 1.00. The normalized spacial score (nSPS) is 23.3. The summed E-state index contributed by atoms with van der Waals surface area (Å²) in [5.41, 5.74) is 1.07. The Labute approximate surface area is 116 Å². The van der Waals surface area contributed by atoms with Gasteiger partial charge in [-0.25, -0.2) is 0 Å². The highest BCUT2D eigenvalue weighted by atomic mass is 14.6. The van der Waals surface area contributed by atoms with E-state index in [1.807, 2.05) is 0 Å². The minimum Gasteiger partial charge on any atom is -0.0622 e. The molecule has 1 aliphatic rings. The Balaban J connectivity index is 3.41. The summed E-state index contributed by atoms with van der Waals surface area (Å²) >= 11 is 0. The standard InChI is InChI=1S/C18H36/c1-13(2)17(14(3)4)11-9-10-12-18(17,15(5)6)16(7)8/h13-16H,9-12H2,1-8H3. The highest BCUT2D eigenvalue weighted by molar-refractivity contribution is 5.06. The molecule has 0 aliphatic heterocycles. The highest BCUT2D eigenvalue weighted by Crippen LogP contribution is 2.65. The molecule has 1 saturated carbocycles. The van der Waals surface area contributed by atoms with Crippen molar-refractivity contribution in [2.45, 2.75) is 81.1 Å². The van der Waals surface area contributed by atoms with E-state index in [-0.39, 0.29) is 0 Å². The topological polar surface area (TPSA) is 0 Å². The Morgan fingerprint density at radius 2 is 0.722 bits per heavy atom. The molecule has 1 aliphatic carbocycles. The maximum Gasteiger partial charge on any atom is -0.0190 e. The Kier molecular flexibility index (Phi) is 4.95. The van der Waals surface area contributed by atoms with Gasteiger partial charge >= 0.3 is 0 Å². The third-order valence-corrected chi connectivity index (χ3v) is 6.42. The molecule has 0 bridgehead atoms. The molecular weight excluding hydrogens is 216 g/mol. The molecule has 0 nitrogen and oxygen atoms in total. The minimum absolute atomic E-state index is 0.535. The van der Waals surface area contributed by atoms with Gasteiger partial charge in [0.2, 0.25) is 0 Å². The average molecular weight is 252 g/mol. The Morgan fingerprint density at radius 3 is 0.889 bits per heavy atom. The molecule has 1 fully saturated rings. The summed E-state index contributed by atoms with van der Waals surface area (Å²) in [6, 6.07) is 0. The van der Waals surface area contributed by atoms with Crippen LogP contribution in [0.25, 0.3) is 0 Å². The summed E-state index contributed by atoms with van der Waals surface area (Å²) in [5.74, 6) is 3.18. The molecule has 18 heavy (non-hydrogen) atoms. The molecule has 0 aromatic rings. The van der Waals surface area contributed by atoms with Gasteiger partial charge in [-0.2, -0.15) is 0 Å². The third-order valence-electron chi connectivity index (χ3n) is 6.42. The summed E-state index contributed by atoms with van der Waals surface area (Å²) in [5, 5.41) is 0. The van der Waals surface area contributed by atoms with Gasteiger partial charge in [-0.1, -0.05) is 68.2 Å². The summed E-state index contributed by atoms with van der Waals surface area (Å²) in [4.78, 5) is 0. The van der Waals surface area contributed by atoms with Crippen molar-refractivity contribution >= 4 is 0 Å². The summed E-state index contributed by atoms with van der Waals surface area (Å²) in [6.07, 6.45) is 5.77. The fourth-order valence-electron chi connectivity index (χ4n) is 5.94. The van der Waals surface area contributed by atoms with Crippen LogP contribution >= 0.6 is 0 Å². The molecule has 0 radical (unpaired) electrons. The van der Waals surface area contributed by atoms with Crippen molar-refractivity contribution in [2.75, 3.05) is 0 Å². The van der Waals surface area contributed by atoms with Gasteiger partial charge in [-0.3, -0.25) is 0 Å². The number of rotatable bonds is 4. The highest BCUT2D eigenvalue weighted by Gasteiger charge is 2.58. The first-order chi connectivity index (χ1) is 8.23. The van der Waals surface area contributed by atoms with Crippen LogP contribution in [0.1, 0.15) is 81.1 Å². The van der Waals surface area contributed by atoms with Gasteiger partial charge in [0.25, 0.3) is 0 Å². The molecule has 0 amide bonds. The van der Waals surface area contributed by atoms with Gasteiger partial charge in [-0.15, -0.1) is 0 Å². The lowest BCUT2D eigenvalue weighted by Crippen LogP contribution is -2.56. The minimum atomic E-state index is 0.535. The number of hydrogen-bond acceptors (Lipinski definition) is 0. The SMILES string of the molecule is CC(C)C1(C(C)C)CCCCC1(C(C)C)C(C)C. The Morgan fingerprint density at radius 1 is 0.500 bits per heavy atom. The van der Waals surface area contributed by atoms with Crippen LogP contribution in [-0.4, -0.2) is 0 Å². The van der Waals surface area contributed by atoms with Crippen LogP contribution in [0, 0.1) is 34.5 Å². The van der Waals surface area contributed by atoms with E-state index in [2.05, 4.69) is 55.4 Å². The summed E-state index contributed by atoms with van der Waals surface area (Å²) in [6.45, 7) is 19.8. The lowest BCUT2D eigenvalue weighted by Gasteiger charge is -2.63. The second-order valence-corrected chi connectivity index (χ2v) is 7.91. The molecule has 0 unspecified atom stereocenters. The van der Waals surface area contributed by atoms with Crippen molar-refractivity contribution in [2.24, 2.45) is 34.5 Å². The lowest BCUT2D eigenvalue weighted by molar-refractivity contribution is -0.148. The van der Waals surface area contributed by atoms with Crippen molar-refractivity contribution in [3.05, 3.63) is 0 Å². The molecule has 1 rings (SSSR count). The second kappa shape index (κ2) is 5.55.